The minimum absolute atomic E-state index is 0.237. The van der Waals surface area contributed by atoms with Gasteiger partial charge in [-0.2, -0.15) is 0 Å². The predicted molar refractivity (Wildman–Crippen MR) is 109 cm³/mol. The second-order valence-electron chi connectivity index (χ2n) is 6.60. The first-order valence-corrected chi connectivity index (χ1v) is 9.41. The number of halogens is 3. The zero-order valence-corrected chi connectivity index (χ0v) is 17.2. The van der Waals surface area contributed by atoms with Gasteiger partial charge in [0.1, 0.15) is 12.1 Å². The van der Waals surface area contributed by atoms with E-state index < -0.39 is 29.9 Å². The highest BCUT2D eigenvalue weighted by atomic mass is 35.5. The van der Waals surface area contributed by atoms with E-state index in [-0.39, 0.29) is 5.02 Å². The minimum Gasteiger partial charge on any atom is -0.323 e. The van der Waals surface area contributed by atoms with Crippen LogP contribution in [-0.2, 0) is 15.1 Å². The fourth-order valence-corrected chi connectivity index (χ4v) is 3.85. The molecular weight excluding hydrogens is 425 g/mol. The monoisotopic (exact) mass is 439 g/mol. The molecule has 28 heavy (non-hydrogen) atoms. The Hall–Kier alpha value is -2.28. The van der Waals surface area contributed by atoms with Gasteiger partial charge in [0, 0.05) is 15.6 Å². The van der Waals surface area contributed by atoms with Gasteiger partial charge in [0.2, 0.25) is 5.91 Å². The van der Waals surface area contributed by atoms with E-state index >= 15 is 0 Å². The maximum Gasteiger partial charge on any atom is 0.325 e. The Morgan fingerprint density at radius 1 is 1.11 bits per heavy atom. The third-order valence-corrected chi connectivity index (χ3v) is 5.31. The summed E-state index contributed by atoms with van der Waals surface area (Å²) in [4.78, 5) is 38.5. The van der Waals surface area contributed by atoms with Crippen molar-refractivity contribution in [2.24, 2.45) is 0 Å². The largest absolute Gasteiger partial charge is 0.325 e. The quantitative estimate of drug-likeness (QED) is 0.693. The molecule has 0 aromatic heterocycles. The molecular formula is C19H16Cl3N3O3. The molecule has 4 amide bonds. The number of benzene rings is 2. The van der Waals surface area contributed by atoms with Crippen molar-refractivity contribution in [2.75, 3.05) is 11.9 Å². The van der Waals surface area contributed by atoms with Crippen LogP contribution in [0.1, 0.15) is 18.1 Å². The van der Waals surface area contributed by atoms with Gasteiger partial charge < -0.3 is 10.6 Å². The lowest BCUT2D eigenvalue weighted by Crippen LogP contribution is -2.42. The molecule has 1 fully saturated rings. The van der Waals surface area contributed by atoms with Crippen molar-refractivity contribution in [3.8, 4) is 0 Å². The number of anilines is 1. The molecule has 1 heterocycles. The number of hydrogen-bond donors (Lipinski definition) is 2. The van der Waals surface area contributed by atoms with E-state index in [1.165, 1.54) is 13.0 Å². The molecule has 9 heteroatoms. The van der Waals surface area contributed by atoms with Crippen LogP contribution in [0.4, 0.5) is 10.5 Å². The van der Waals surface area contributed by atoms with Gasteiger partial charge in [-0.05, 0) is 43.7 Å². The fourth-order valence-electron chi connectivity index (χ4n) is 2.97. The van der Waals surface area contributed by atoms with Crippen LogP contribution < -0.4 is 10.6 Å². The van der Waals surface area contributed by atoms with Crippen molar-refractivity contribution in [3.05, 3.63) is 62.6 Å². The van der Waals surface area contributed by atoms with Gasteiger partial charge in [-0.1, -0.05) is 46.9 Å². The Kier molecular flexibility index (Phi) is 5.57. The first-order valence-electron chi connectivity index (χ1n) is 8.27. The summed E-state index contributed by atoms with van der Waals surface area (Å²) in [5.41, 5.74) is 0.322. The Morgan fingerprint density at radius 2 is 1.82 bits per heavy atom. The van der Waals surface area contributed by atoms with E-state index in [1.54, 1.807) is 30.3 Å². The summed E-state index contributed by atoms with van der Waals surface area (Å²) in [5.74, 6) is -1.15. The second kappa shape index (κ2) is 7.62. The number of rotatable bonds is 4. The molecule has 0 saturated carbocycles. The van der Waals surface area contributed by atoms with E-state index in [4.69, 9.17) is 34.8 Å². The zero-order chi connectivity index (χ0) is 20.6. The highest BCUT2D eigenvalue weighted by Crippen LogP contribution is 2.35. The molecule has 2 aromatic rings. The molecule has 1 aliphatic rings. The van der Waals surface area contributed by atoms with Crippen LogP contribution in [0.15, 0.2) is 36.4 Å². The normalized spacial score (nSPS) is 19.0. The Balaban J connectivity index is 1.79. The van der Waals surface area contributed by atoms with Gasteiger partial charge in [0.05, 0.1) is 10.7 Å². The predicted octanol–water partition coefficient (Wildman–Crippen LogP) is 4.36. The molecule has 0 spiro atoms. The number of hydrogen-bond acceptors (Lipinski definition) is 3. The van der Waals surface area contributed by atoms with Gasteiger partial charge in [0.25, 0.3) is 5.91 Å². The van der Waals surface area contributed by atoms with Crippen molar-refractivity contribution >= 4 is 58.3 Å². The van der Waals surface area contributed by atoms with Gasteiger partial charge >= 0.3 is 6.03 Å². The maximum absolute atomic E-state index is 12.9. The number of carbonyl (C=O) groups is 3. The van der Waals surface area contributed by atoms with Crippen molar-refractivity contribution < 1.29 is 14.4 Å². The van der Waals surface area contributed by atoms with Gasteiger partial charge in [-0.15, -0.1) is 0 Å². The number of carbonyl (C=O) groups excluding carboxylic acids is 3. The molecule has 0 radical (unpaired) electrons. The molecule has 6 nitrogen and oxygen atoms in total. The van der Waals surface area contributed by atoms with Crippen LogP contribution in [0.3, 0.4) is 0 Å². The lowest BCUT2D eigenvalue weighted by Gasteiger charge is -2.23. The zero-order valence-electron chi connectivity index (χ0n) is 15.0. The summed E-state index contributed by atoms with van der Waals surface area (Å²) < 4.78 is 0. The van der Waals surface area contributed by atoms with Gasteiger partial charge in [0.15, 0.2) is 0 Å². The minimum atomic E-state index is -1.40. The summed E-state index contributed by atoms with van der Waals surface area (Å²) in [6, 6.07) is 9.07. The summed E-state index contributed by atoms with van der Waals surface area (Å²) in [7, 11) is 0. The van der Waals surface area contributed by atoms with E-state index in [0.717, 1.165) is 10.5 Å². The molecule has 0 bridgehead atoms. The lowest BCUT2D eigenvalue weighted by atomic mass is 9.92. The standard InChI is InChI=1S/C19H16Cl3N3O3/c1-10-3-6-15(14(22)7-10)23-16(26)9-25-17(27)19(2,24-18(25)28)12-5-4-11(20)8-13(12)21/h3-8H,9H2,1-2H3,(H,23,26)(H,24,28). The van der Waals surface area contributed by atoms with Crippen LogP contribution in [0.5, 0.6) is 0 Å². The first-order chi connectivity index (χ1) is 13.1. The van der Waals surface area contributed by atoms with E-state index in [9.17, 15) is 14.4 Å². The number of imide groups is 1. The molecule has 1 aliphatic heterocycles. The summed E-state index contributed by atoms with van der Waals surface area (Å²) >= 11 is 18.2. The average Bonchev–Trinajstić information content (AvgIpc) is 2.81. The molecule has 2 aromatic carbocycles. The molecule has 0 aliphatic carbocycles. The van der Waals surface area contributed by atoms with Crippen LogP contribution >= 0.6 is 34.8 Å². The topological polar surface area (TPSA) is 78.5 Å². The molecule has 3 rings (SSSR count). The average molecular weight is 441 g/mol. The number of nitrogens with one attached hydrogen (secondary N) is 2. The molecule has 2 N–H and O–H groups in total. The number of urea groups is 1. The van der Waals surface area contributed by atoms with Crippen molar-refractivity contribution in [1.82, 2.24) is 10.2 Å². The molecule has 146 valence electrons. The number of nitrogens with zero attached hydrogens (tertiary/aromatic N) is 1. The summed E-state index contributed by atoms with van der Waals surface area (Å²) in [5, 5.41) is 6.21. The smallest absolute Gasteiger partial charge is 0.323 e. The van der Waals surface area contributed by atoms with E-state index in [0.29, 0.717) is 21.3 Å². The van der Waals surface area contributed by atoms with E-state index in [2.05, 4.69) is 10.6 Å². The molecule has 1 atom stereocenters. The fraction of sp³-hybridized carbons (Fsp3) is 0.211. The van der Waals surface area contributed by atoms with Crippen LogP contribution in [0, 0.1) is 6.92 Å². The third-order valence-electron chi connectivity index (χ3n) is 4.45. The maximum atomic E-state index is 12.9. The number of amides is 4. The Bertz CT molecular complexity index is 996. The van der Waals surface area contributed by atoms with Gasteiger partial charge in [-0.3, -0.25) is 14.5 Å². The van der Waals surface area contributed by atoms with E-state index in [1.807, 2.05) is 6.92 Å². The van der Waals surface area contributed by atoms with Crippen molar-refractivity contribution in [2.45, 2.75) is 19.4 Å². The second-order valence-corrected chi connectivity index (χ2v) is 7.85. The third kappa shape index (κ3) is 3.81. The Morgan fingerprint density at radius 3 is 2.46 bits per heavy atom. The molecule has 1 saturated heterocycles. The van der Waals surface area contributed by atoms with Crippen molar-refractivity contribution in [3.63, 3.8) is 0 Å². The lowest BCUT2D eigenvalue weighted by molar-refractivity contribution is -0.133. The van der Waals surface area contributed by atoms with Gasteiger partial charge in [-0.25, -0.2) is 4.79 Å². The highest BCUT2D eigenvalue weighted by molar-refractivity contribution is 6.35. The molecule has 1 unspecified atom stereocenters. The van der Waals surface area contributed by atoms with Crippen LogP contribution in [0.25, 0.3) is 0 Å². The summed E-state index contributed by atoms with van der Waals surface area (Å²) in [6.45, 7) is 2.93. The van der Waals surface area contributed by atoms with Crippen molar-refractivity contribution in [1.29, 1.82) is 0 Å². The Labute approximate surface area is 176 Å². The highest BCUT2D eigenvalue weighted by Gasteiger charge is 2.50. The summed E-state index contributed by atoms with van der Waals surface area (Å²) in [6.07, 6.45) is 0. The van der Waals surface area contributed by atoms with Crippen LogP contribution in [-0.4, -0.2) is 29.3 Å². The number of aryl methyl sites for hydroxylation is 1. The SMILES string of the molecule is Cc1ccc(NC(=O)CN2C(=O)NC(C)(c3ccc(Cl)cc3Cl)C2=O)c(Cl)c1. The van der Waals surface area contributed by atoms with Crippen LogP contribution in [0.2, 0.25) is 15.1 Å². The first kappa shape index (κ1) is 20.5.